The van der Waals surface area contributed by atoms with Crippen LogP contribution in [0.4, 0.5) is 11.6 Å². The van der Waals surface area contributed by atoms with E-state index < -0.39 is 11.6 Å². The van der Waals surface area contributed by atoms with E-state index in [0.29, 0.717) is 24.5 Å². The molecule has 0 radical (unpaired) electrons. The van der Waals surface area contributed by atoms with Crippen molar-refractivity contribution in [3.8, 4) is 0 Å². The van der Waals surface area contributed by atoms with Crippen LogP contribution in [0.2, 0.25) is 0 Å². The summed E-state index contributed by atoms with van der Waals surface area (Å²) in [5.74, 6) is 0.848. The predicted octanol–water partition coefficient (Wildman–Crippen LogP) is 3.27. The fraction of sp³-hybridized carbons (Fsp3) is 0.286. The summed E-state index contributed by atoms with van der Waals surface area (Å²) in [5.41, 5.74) is 2.07. The van der Waals surface area contributed by atoms with Gasteiger partial charge in [0, 0.05) is 34.1 Å². The first-order valence-electron chi connectivity index (χ1n) is 9.23. The Hall–Kier alpha value is -3.07. The number of ether oxygens (including phenoxy) is 1. The van der Waals surface area contributed by atoms with Crippen LogP contribution in [-0.4, -0.2) is 33.4 Å². The van der Waals surface area contributed by atoms with Gasteiger partial charge < -0.3 is 15.4 Å². The topological polar surface area (TPSA) is 110 Å². The minimum Gasteiger partial charge on any atom is -0.457 e. The highest BCUT2D eigenvalue weighted by Crippen LogP contribution is 2.23. The first kappa shape index (κ1) is 21.6. The molecule has 2 aromatic rings. The first-order valence-corrected chi connectivity index (χ1v) is 10.0. The molecule has 2 aliphatic rings. The number of nitrogens with one attached hydrogen (secondary N) is 2. The molecule has 9 heteroatoms. The van der Waals surface area contributed by atoms with E-state index in [1.165, 1.54) is 6.08 Å². The molecule has 0 aromatic carbocycles. The van der Waals surface area contributed by atoms with Crippen LogP contribution in [-0.2, 0) is 32.0 Å². The van der Waals surface area contributed by atoms with Gasteiger partial charge in [-0.15, -0.1) is 0 Å². The third kappa shape index (κ3) is 5.96. The Labute approximate surface area is 182 Å². The number of hydrogen-bond acceptors (Lipinski definition) is 6. The second-order valence-electron chi connectivity index (χ2n) is 7.75. The molecule has 30 heavy (non-hydrogen) atoms. The molecule has 0 bridgehead atoms. The van der Waals surface area contributed by atoms with Crippen LogP contribution in [0.1, 0.15) is 37.5 Å². The highest BCUT2D eigenvalue weighted by atomic mass is 79.9. The number of esters is 1. The van der Waals surface area contributed by atoms with Gasteiger partial charge in [-0.1, -0.05) is 0 Å². The standard InChI is InChI=1S/C14H16N2O3.C7H5BrN2O/c1-14(2,3)19-12(18)5-4-9-6-10-7-11(17)16-13(10)15-8-9;8-5-1-4-2-6(11)10-7(4)9-3-5/h4-6,8H,7H2,1-3H3,(H,15,16,17);1,3H,2H2,(H,9,10,11)/b5-4+;. The molecule has 2 amide bonds. The van der Waals surface area contributed by atoms with Crippen LogP contribution in [0.3, 0.4) is 0 Å². The molecule has 4 rings (SSSR count). The Morgan fingerprint density at radius 2 is 1.60 bits per heavy atom. The molecule has 0 aliphatic carbocycles. The van der Waals surface area contributed by atoms with Crippen molar-refractivity contribution in [1.29, 1.82) is 0 Å². The smallest absolute Gasteiger partial charge is 0.331 e. The second kappa shape index (κ2) is 8.74. The van der Waals surface area contributed by atoms with Crippen LogP contribution < -0.4 is 10.6 Å². The lowest BCUT2D eigenvalue weighted by atomic mass is 10.1. The molecule has 0 unspecified atom stereocenters. The summed E-state index contributed by atoms with van der Waals surface area (Å²) in [6, 6.07) is 3.74. The lowest BCUT2D eigenvalue weighted by Gasteiger charge is -2.17. The molecular weight excluding hydrogens is 452 g/mol. The zero-order chi connectivity index (χ0) is 21.9. The lowest BCUT2D eigenvalue weighted by molar-refractivity contribution is -0.148. The van der Waals surface area contributed by atoms with Crippen molar-refractivity contribution in [3.05, 3.63) is 51.8 Å². The van der Waals surface area contributed by atoms with Crippen molar-refractivity contribution >= 4 is 51.4 Å². The minimum absolute atomic E-state index is 0.0191. The van der Waals surface area contributed by atoms with Crippen molar-refractivity contribution in [2.45, 2.75) is 39.2 Å². The van der Waals surface area contributed by atoms with Gasteiger partial charge in [0.2, 0.25) is 11.8 Å². The van der Waals surface area contributed by atoms with E-state index in [2.05, 4.69) is 36.5 Å². The van der Waals surface area contributed by atoms with Crippen LogP contribution >= 0.6 is 15.9 Å². The average molecular weight is 473 g/mol. The fourth-order valence-corrected chi connectivity index (χ4v) is 3.17. The van der Waals surface area contributed by atoms with E-state index in [9.17, 15) is 14.4 Å². The molecule has 156 valence electrons. The molecule has 0 atom stereocenters. The maximum Gasteiger partial charge on any atom is 0.331 e. The lowest BCUT2D eigenvalue weighted by Crippen LogP contribution is -2.22. The summed E-state index contributed by atoms with van der Waals surface area (Å²) in [6.07, 6.45) is 7.04. The molecule has 8 nitrogen and oxygen atoms in total. The zero-order valence-electron chi connectivity index (χ0n) is 16.8. The summed E-state index contributed by atoms with van der Waals surface area (Å²) >= 11 is 3.28. The number of pyridine rings is 2. The molecule has 0 spiro atoms. The van der Waals surface area contributed by atoms with E-state index in [-0.39, 0.29) is 11.8 Å². The Bertz CT molecular complexity index is 1040. The highest BCUT2D eigenvalue weighted by molar-refractivity contribution is 9.10. The number of carbonyl (C=O) groups is 3. The molecule has 0 saturated carbocycles. The van der Waals surface area contributed by atoms with Gasteiger partial charge in [-0.25, -0.2) is 14.8 Å². The van der Waals surface area contributed by atoms with Crippen molar-refractivity contribution in [2.75, 3.05) is 10.6 Å². The van der Waals surface area contributed by atoms with Gasteiger partial charge in [-0.3, -0.25) is 9.59 Å². The van der Waals surface area contributed by atoms with E-state index in [1.54, 1.807) is 18.5 Å². The van der Waals surface area contributed by atoms with Crippen molar-refractivity contribution in [1.82, 2.24) is 9.97 Å². The monoisotopic (exact) mass is 472 g/mol. The number of aromatic nitrogens is 2. The molecule has 4 heterocycles. The van der Waals surface area contributed by atoms with Crippen LogP contribution in [0.5, 0.6) is 0 Å². The summed E-state index contributed by atoms with van der Waals surface area (Å²) in [4.78, 5) is 41.7. The van der Waals surface area contributed by atoms with Crippen LogP contribution in [0.15, 0.2) is 35.1 Å². The highest BCUT2D eigenvalue weighted by Gasteiger charge is 2.19. The Kier molecular flexibility index (Phi) is 6.31. The van der Waals surface area contributed by atoms with Gasteiger partial charge in [-0.2, -0.15) is 0 Å². The molecule has 2 N–H and O–H groups in total. The van der Waals surface area contributed by atoms with E-state index in [4.69, 9.17) is 4.74 Å². The molecular formula is C21H21BrN4O4. The van der Waals surface area contributed by atoms with E-state index in [1.807, 2.05) is 32.9 Å². The number of carbonyl (C=O) groups excluding carboxylic acids is 3. The summed E-state index contributed by atoms with van der Waals surface area (Å²) in [7, 11) is 0. The van der Waals surface area contributed by atoms with Crippen molar-refractivity contribution < 1.29 is 19.1 Å². The van der Waals surface area contributed by atoms with Gasteiger partial charge in [0.05, 0.1) is 12.8 Å². The third-order valence-electron chi connectivity index (χ3n) is 3.96. The van der Waals surface area contributed by atoms with Crippen LogP contribution in [0, 0.1) is 0 Å². The van der Waals surface area contributed by atoms with Gasteiger partial charge in [0.25, 0.3) is 0 Å². The number of nitrogens with zero attached hydrogens (tertiary/aromatic N) is 2. The molecule has 0 fully saturated rings. The van der Waals surface area contributed by atoms with E-state index in [0.717, 1.165) is 21.2 Å². The SMILES string of the molecule is CC(C)(C)OC(=O)/C=C/c1cnc2c(c1)CC(=O)N2.O=C1Cc2cc(Br)cnc2N1. The largest absolute Gasteiger partial charge is 0.457 e. The average Bonchev–Trinajstić information content (AvgIpc) is 3.18. The Morgan fingerprint density at radius 3 is 2.20 bits per heavy atom. The summed E-state index contributed by atoms with van der Waals surface area (Å²) in [5, 5.41) is 5.31. The van der Waals surface area contributed by atoms with Gasteiger partial charge in [-0.05, 0) is 60.5 Å². The molecule has 0 saturated heterocycles. The van der Waals surface area contributed by atoms with Crippen molar-refractivity contribution in [2.24, 2.45) is 0 Å². The fourth-order valence-electron chi connectivity index (χ4n) is 2.79. The maximum atomic E-state index is 11.5. The second-order valence-corrected chi connectivity index (χ2v) is 8.67. The molecule has 2 aliphatic heterocycles. The van der Waals surface area contributed by atoms with Gasteiger partial charge in [0.15, 0.2) is 0 Å². The maximum absolute atomic E-state index is 11.5. The zero-order valence-corrected chi connectivity index (χ0v) is 18.4. The predicted molar refractivity (Wildman–Crippen MR) is 116 cm³/mol. The van der Waals surface area contributed by atoms with Gasteiger partial charge >= 0.3 is 5.97 Å². The number of halogens is 1. The Balaban J connectivity index is 0.000000196. The third-order valence-corrected chi connectivity index (χ3v) is 4.39. The van der Waals surface area contributed by atoms with Crippen molar-refractivity contribution in [3.63, 3.8) is 0 Å². The number of fused-ring (bicyclic) bond motifs is 2. The minimum atomic E-state index is -0.506. The number of amides is 2. The summed E-state index contributed by atoms with van der Waals surface area (Å²) < 4.78 is 6.07. The van der Waals surface area contributed by atoms with Crippen LogP contribution in [0.25, 0.3) is 6.08 Å². The van der Waals surface area contributed by atoms with Gasteiger partial charge in [0.1, 0.15) is 17.2 Å². The van der Waals surface area contributed by atoms with E-state index >= 15 is 0 Å². The number of anilines is 2. The summed E-state index contributed by atoms with van der Waals surface area (Å²) in [6.45, 7) is 5.44. The molecule has 2 aromatic heterocycles. The Morgan fingerprint density at radius 1 is 1.03 bits per heavy atom. The number of rotatable bonds is 2. The number of hydrogen-bond donors (Lipinski definition) is 2. The normalized spacial score (nSPS) is 14.4. The first-order chi connectivity index (χ1) is 14.1. The quantitative estimate of drug-likeness (QED) is 0.512.